The molecule has 0 unspecified atom stereocenters. The number of carbonyl (C=O) groups is 2. The van der Waals surface area contributed by atoms with Crippen molar-refractivity contribution in [3.63, 3.8) is 0 Å². The number of primary amides is 1. The minimum absolute atomic E-state index is 0.105. The highest BCUT2D eigenvalue weighted by atomic mass is 32.2. The zero-order chi connectivity index (χ0) is 11.7. The van der Waals surface area contributed by atoms with Gasteiger partial charge < -0.3 is 21.3 Å². The van der Waals surface area contributed by atoms with Crippen LogP contribution in [0.3, 0.4) is 0 Å². The van der Waals surface area contributed by atoms with Gasteiger partial charge in [0.1, 0.15) is 6.04 Å². The number of hydrogen-bond acceptors (Lipinski definition) is 5. The van der Waals surface area contributed by atoms with Crippen LogP contribution in [0.1, 0.15) is 6.42 Å². The van der Waals surface area contributed by atoms with Gasteiger partial charge in [0.2, 0.25) is 5.91 Å². The van der Waals surface area contributed by atoms with Crippen molar-refractivity contribution in [1.29, 1.82) is 0 Å². The SMILES string of the molecule is NC(=O)C[C@H](NCCSCCO)C(=O)O. The minimum Gasteiger partial charge on any atom is -0.480 e. The summed E-state index contributed by atoms with van der Waals surface area (Å²) in [6.45, 7) is 0.573. The Morgan fingerprint density at radius 2 is 2.07 bits per heavy atom. The van der Waals surface area contributed by atoms with Gasteiger partial charge in [0, 0.05) is 18.1 Å². The number of nitrogens with one attached hydrogen (secondary N) is 1. The quantitative estimate of drug-likeness (QED) is 0.367. The van der Waals surface area contributed by atoms with E-state index in [1.807, 2.05) is 0 Å². The maximum Gasteiger partial charge on any atom is 0.321 e. The molecular formula is C8H16N2O4S. The smallest absolute Gasteiger partial charge is 0.321 e. The second-order valence-electron chi connectivity index (χ2n) is 2.85. The van der Waals surface area contributed by atoms with Gasteiger partial charge in [-0.25, -0.2) is 0 Å². The molecular weight excluding hydrogens is 220 g/mol. The van der Waals surface area contributed by atoms with Gasteiger partial charge >= 0.3 is 5.97 Å². The second kappa shape index (κ2) is 8.51. The summed E-state index contributed by atoms with van der Waals surface area (Å²) in [6.07, 6.45) is -0.208. The summed E-state index contributed by atoms with van der Waals surface area (Å²) >= 11 is 1.50. The first-order valence-corrected chi connectivity index (χ1v) is 5.66. The van der Waals surface area contributed by atoms with Crippen LogP contribution < -0.4 is 11.1 Å². The van der Waals surface area contributed by atoms with Crippen LogP contribution in [-0.2, 0) is 9.59 Å². The number of hydrogen-bond donors (Lipinski definition) is 4. The molecule has 0 radical (unpaired) electrons. The first kappa shape index (κ1) is 14.2. The molecule has 0 aromatic carbocycles. The summed E-state index contributed by atoms with van der Waals surface area (Å²) in [7, 11) is 0. The second-order valence-corrected chi connectivity index (χ2v) is 4.08. The van der Waals surface area contributed by atoms with E-state index in [9.17, 15) is 9.59 Å². The lowest BCUT2D eigenvalue weighted by atomic mass is 10.2. The lowest BCUT2D eigenvalue weighted by Gasteiger charge is -2.11. The van der Waals surface area contributed by atoms with Crippen molar-refractivity contribution in [2.24, 2.45) is 5.73 Å². The average molecular weight is 236 g/mol. The predicted octanol–water partition coefficient (Wildman–Crippen LogP) is -1.37. The fourth-order valence-electron chi connectivity index (χ4n) is 0.920. The van der Waals surface area contributed by atoms with E-state index in [1.54, 1.807) is 0 Å². The molecule has 1 amide bonds. The molecule has 0 aliphatic heterocycles. The van der Waals surface area contributed by atoms with Crippen LogP contribution in [-0.4, -0.2) is 52.8 Å². The van der Waals surface area contributed by atoms with Gasteiger partial charge in [-0.15, -0.1) is 0 Å². The summed E-state index contributed by atoms with van der Waals surface area (Å²) in [6, 6.07) is -0.919. The lowest BCUT2D eigenvalue weighted by molar-refractivity contribution is -0.141. The number of rotatable bonds is 9. The standard InChI is InChI=1S/C8H16N2O4S/c9-7(12)5-6(8(13)14)10-1-3-15-4-2-11/h6,10-11H,1-5H2,(H2,9,12)(H,13,14)/t6-/m0/s1. The number of aliphatic carboxylic acids is 1. The molecule has 6 nitrogen and oxygen atoms in total. The summed E-state index contributed by atoms with van der Waals surface area (Å²) in [5, 5.41) is 19.9. The van der Waals surface area contributed by atoms with E-state index in [4.69, 9.17) is 15.9 Å². The molecule has 0 saturated heterocycles. The van der Waals surface area contributed by atoms with Gasteiger partial charge in [0.05, 0.1) is 13.0 Å². The molecule has 5 N–H and O–H groups in total. The number of carboxylic acid groups (broad SMARTS) is 1. The Bertz CT molecular complexity index is 213. The van der Waals surface area contributed by atoms with Crippen molar-refractivity contribution < 1.29 is 19.8 Å². The van der Waals surface area contributed by atoms with Crippen molar-refractivity contribution >= 4 is 23.6 Å². The highest BCUT2D eigenvalue weighted by Gasteiger charge is 2.18. The molecule has 1 atom stereocenters. The number of aliphatic hydroxyl groups is 1. The highest BCUT2D eigenvalue weighted by molar-refractivity contribution is 7.99. The average Bonchev–Trinajstić information content (AvgIpc) is 2.15. The Kier molecular flexibility index (Phi) is 8.06. The summed E-state index contributed by atoms with van der Waals surface area (Å²) in [4.78, 5) is 21.2. The van der Waals surface area contributed by atoms with Crippen molar-refractivity contribution in [3.05, 3.63) is 0 Å². The Hall–Kier alpha value is -0.790. The molecule has 0 heterocycles. The number of carboxylic acids is 1. The molecule has 0 aliphatic carbocycles. The highest BCUT2D eigenvalue weighted by Crippen LogP contribution is 1.97. The number of thioether (sulfide) groups is 1. The normalized spacial score (nSPS) is 12.3. The van der Waals surface area contributed by atoms with Crippen LogP contribution in [0.15, 0.2) is 0 Å². The maximum atomic E-state index is 10.6. The summed E-state index contributed by atoms with van der Waals surface area (Å²) in [5.41, 5.74) is 4.90. The zero-order valence-corrected chi connectivity index (χ0v) is 9.13. The molecule has 0 aromatic rings. The van der Waals surface area contributed by atoms with Gasteiger partial charge in [0.25, 0.3) is 0 Å². The van der Waals surface area contributed by atoms with Gasteiger partial charge in [-0.2, -0.15) is 11.8 Å². The molecule has 7 heteroatoms. The number of amides is 1. The number of aliphatic hydroxyl groups excluding tert-OH is 1. The van der Waals surface area contributed by atoms with Crippen molar-refractivity contribution in [3.8, 4) is 0 Å². The predicted molar refractivity (Wildman–Crippen MR) is 57.6 cm³/mol. The van der Waals surface area contributed by atoms with E-state index in [2.05, 4.69) is 5.32 Å². The Labute approximate surface area is 92.2 Å². The lowest BCUT2D eigenvalue weighted by Crippen LogP contribution is -2.41. The van der Waals surface area contributed by atoms with Crippen LogP contribution in [0, 0.1) is 0 Å². The van der Waals surface area contributed by atoms with Crippen molar-refractivity contribution in [2.45, 2.75) is 12.5 Å². The van der Waals surface area contributed by atoms with Crippen LogP contribution >= 0.6 is 11.8 Å². The first-order chi connectivity index (χ1) is 7.07. The van der Waals surface area contributed by atoms with Gasteiger partial charge in [-0.3, -0.25) is 9.59 Å². The largest absolute Gasteiger partial charge is 0.480 e. The molecule has 0 aliphatic rings. The third kappa shape index (κ3) is 8.22. The van der Waals surface area contributed by atoms with E-state index < -0.39 is 17.9 Å². The molecule has 0 saturated carbocycles. The van der Waals surface area contributed by atoms with Gasteiger partial charge in [-0.1, -0.05) is 0 Å². The molecule has 88 valence electrons. The molecule has 0 aromatic heterocycles. The van der Waals surface area contributed by atoms with Gasteiger partial charge in [-0.05, 0) is 0 Å². The molecule has 15 heavy (non-hydrogen) atoms. The first-order valence-electron chi connectivity index (χ1n) is 4.51. The number of nitrogens with two attached hydrogens (primary N) is 1. The van der Waals surface area contributed by atoms with E-state index >= 15 is 0 Å². The van der Waals surface area contributed by atoms with Crippen molar-refractivity contribution in [1.82, 2.24) is 5.32 Å². The Balaban J connectivity index is 3.67. The third-order valence-electron chi connectivity index (χ3n) is 1.58. The molecule has 0 spiro atoms. The topological polar surface area (TPSA) is 113 Å². The fourth-order valence-corrected chi connectivity index (χ4v) is 1.52. The summed E-state index contributed by atoms with van der Waals surface area (Å²) < 4.78 is 0. The zero-order valence-electron chi connectivity index (χ0n) is 8.31. The Morgan fingerprint density at radius 3 is 2.53 bits per heavy atom. The molecule has 0 bridgehead atoms. The fraction of sp³-hybridized carbons (Fsp3) is 0.750. The summed E-state index contributed by atoms with van der Waals surface area (Å²) in [5.74, 6) is -0.419. The maximum absolute atomic E-state index is 10.6. The van der Waals surface area contributed by atoms with Crippen LogP contribution in [0.25, 0.3) is 0 Å². The van der Waals surface area contributed by atoms with E-state index in [1.165, 1.54) is 11.8 Å². The van der Waals surface area contributed by atoms with E-state index in [-0.39, 0.29) is 13.0 Å². The van der Waals surface area contributed by atoms with Gasteiger partial charge in [0.15, 0.2) is 0 Å². The monoisotopic (exact) mass is 236 g/mol. The van der Waals surface area contributed by atoms with Crippen molar-refractivity contribution in [2.75, 3.05) is 24.7 Å². The molecule has 0 rings (SSSR count). The Morgan fingerprint density at radius 1 is 1.40 bits per heavy atom. The van der Waals surface area contributed by atoms with Crippen LogP contribution in [0.2, 0.25) is 0 Å². The van der Waals surface area contributed by atoms with Crippen LogP contribution in [0.5, 0.6) is 0 Å². The van der Waals surface area contributed by atoms with Crippen LogP contribution in [0.4, 0.5) is 0 Å². The van der Waals surface area contributed by atoms with E-state index in [0.29, 0.717) is 18.1 Å². The minimum atomic E-state index is -1.08. The molecule has 0 fully saturated rings. The third-order valence-corrected chi connectivity index (χ3v) is 2.54. The number of carbonyl (C=O) groups excluding carboxylic acids is 1. The van der Waals surface area contributed by atoms with E-state index in [0.717, 1.165) is 0 Å².